The normalized spacial score (nSPS) is 28.9. The van der Waals surface area contributed by atoms with Crippen molar-refractivity contribution in [3.63, 3.8) is 0 Å². The van der Waals surface area contributed by atoms with E-state index in [1.165, 1.54) is 17.5 Å². The maximum Gasteiger partial charge on any atom is 0.0104 e. The first kappa shape index (κ1) is 11.7. The summed E-state index contributed by atoms with van der Waals surface area (Å²) in [6.45, 7) is 10.0. The highest BCUT2D eigenvalue weighted by molar-refractivity contribution is 5.33. The molecule has 2 rings (SSSR count). The summed E-state index contributed by atoms with van der Waals surface area (Å²) in [5.74, 6) is 1.55. The third kappa shape index (κ3) is 2.15. The lowest BCUT2D eigenvalue weighted by Crippen LogP contribution is -2.47. The van der Waals surface area contributed by atoms with Gasteiger partial charge in [-0.25, -0.2) is 0 Å². The minimum Gasteiger partial charge on any atom is -0.314 e. The molecule has 0 bridgehead atoms. The van der Waals surface area contributed by atoms with Gasteiger partial charge in [0, 0.05) is 6.04 Å². The summed E-state index contributed by atoms with van der Waals surface area (Å²) in [6, 6.07) is 7.71. The van der Waals surface area contributed by atoms with E-state index in [1.54, 1.807) is 5.56 Å². The Morgan fingerprint density at radius 1 is 1.19 bits per heavy atom. The zero-order chi connectivity index (χ0) is 11.7. The van der Waals surface area contributed by atoms with Gasteiger partial charge in [-0.15, -0.1) is 0 Å². The number of benzene rings is 1. The largest absolute Gasteiger partial charge is 0.314 e. The van der Waals surface area contributed by atoms with Crippen molar-refractivity contribution in [3.05, 3.63) is 34.9 Å². The molecule has 0 amide bonds. The van der Waals surface area contributed by atoms with Gasteiger partial charge in [0.05, 0.1) is 0 Å². The van der Waals surface area contributed by atoms with E-state index in [0.717, 1.165) is 24.4 Å². The lowest BCUT2D eigenvalue weighted by atomic mass is 9.67. The van der Waals surface area contributed by atoms with E-state index in [9.17, 15) is 0 Å². The van der Waals surface area contributed by atoms with Crippen molar-refractivity contribution in [3.8, 4) is 0 Å². The number of nitrogens with one attached hydrogen (secondary N) is 1. The van der Waals surface area contributed by atoms with Crippen LogP contribution >= 0.6 is 0 Å². The molecule has 16 heavy (non-hydrogen) atoms. The summed E-state index contributed by atoms with van der Waals surface area (Å²) in [5.41, 5.74) is 4.34. The number of hydrogen-bond acceptors (Lipinski definition) is 1. The van der Waals surface area contributed by atoms with Crippen molar-refractivity contribution in [1.29, 1.82) is 0 Å². The van der Waals surface area contributed by atoms with Gasteiger partial charge in [-0.05, 0) is 44.2 Å². The SMILES string of the molecule is CCNC1CC(c2cc(C)cc(C)c2)C1C. The minimum atomic E-state index is 0.732. The standard InChI is InChI=1S/C15H23N/c1-5-16-15-9-14(12(15)4)13-7-10(2)6-11(3)8-13/h6-8,12,14-16H,5,9H2,1-4H3. The summed E-state index contributed by atoms with van der Waals surface area (Å²) in [6.07, 6.45) is 1.30. The summed E-state index contributed by atoms with van der Waals surface area (Å²) in [7, 11) is 0. The van der Waals surface area contributed by atoms with Crippen LogP contribution in [0.2, 0.25) is 0 Å². The van der Waals surface area contributed by atoms with E-state index in [-0.39, 0.29) is 0 Å². The monoisotopic (exact) mass is 217 g/mol. The molecule has 1 aliphatic rings. The zero-order valence-electron chi connectivity index (χ0n) is 10.9. The van der Waals surface area contributed by atoms with Crippen LogP contribution in [0.4, 0.5) is 0 Å². The molecular formula is C15H23N. The number of rotatable bonds is 3. The second-order valence-electron chi connectivity index (χ2n) is 5.29. The molecule has 0 aromatic heterocycles. The molecule has 1 N–H and O–H groups in total. The van der Waals surface area contributed by atoms with Gasteiger partial charge in [0.1, 0.15) is 0 Å². The van der Waals surface area contributed by atoms with Crippen LogP contribution in [0.15, 0.2) is 18.2 Å². The Labute approximate surface area is 99.3 Å². The molecule has 0 radical (unpaired) electrons. The second kappa shape index (κ2) is 4.58. The molecule has 1 aliphatic carbocycles. The maximum atomic E-state index is 3.56. The summed E-state index contributed by atoms with van der Waals surface area (Å²) in [5, 5.41) is 3.56. The Hall–Kier alpha value is -0.820. The van der Waals surface area contributed by atoms with Gasteiger partial charge >= 0.3 is 0 Å². The lowest BCUT2D eigenvalue weighted by molar-refractivity contribution is 0.187. The molecule has 1 aromatic rings. The van der Waals surface area contributed by atoms with Crippen molar-refractivity contribution in [1.82, 2.24) is 5.32 Å². The Bertz CT molecular complexity index is 349. The van der Waals surface area contributed by atoms with Crippen LogP contribution in [-0.4, -0.2) is 12.6 Å². The average molecular weight is 217 g/mol. The maximum absolute atomic E-state index is 3.56. The second-order valence-corrected chi connectivity index (χ2v) is 5.29. The predicted octanol–water partition coefficient (Wildman–Crippen LogP) is 3.40. The Morgan fingerprint density at radius 3 is 2.31 bits per heavy atom. The van der Waals surface area contributed by atoms with E-state index < -0.39 is 0 Å². The first-order valence-electron chi connectivity index (χ1n) is 6.43. The van der Waals surface area contributed by atoms with Crippen LogP contribution in [0, 0.1) is 19.8 Å². The molecule has 88 valence electrons. The minimum absolute atomic E-state index is 0.732. The van der Waals surface area contributed by atoms with E-state index >= 15 is 0 Å². The molecule has 1 aromatic carbocycles. The first-order chi connectivity index (χ1) is 7.61. The Balaban J connectivity index is 2.09. The van der Waals surface area contributed by atoms with E-state index in [0.29, 0.717) is 0 Å². The molecule has 3 atom stereocenters. The van der Waals surface area contributed by atoms with Gasteiger partial charge in [-0.3, -0.25) is 0 Å². The summed E-state index contributed by atoms with van der Waals surface area (Å²) >= 11 is 0. The molecule has 0 heterocycles. The number of aryl methyl sites for hydroxylation is 2. The molecule has 1 saturated carbocycles. The fourth-order valence-electron chi connectivity index (χ4n) is 2.98. The number of hydrogen-bond donors (Lipinski definition) is 1. The predicted molar refractivity (Wildman–Crippen MR) is 69.9 cm³/mol. The lowest BCUT2D eigenvalue weighted by Gasteiger charge is -2.44. The molecule has 0 spiro atoms. The summed E-state index contributed by atoms with van der Waals surface area (Å²) < 4.78 is 0. The molecule has 0 saturated heterocycles. The van der Waals surface area contributed by atoms with Crippen molar-refractivity contribution < 1.29 is 0 Å². The van der Waals surface area contributed by atoms with E-state index in [2.05, 4.69) is 51.2 Å². The summed E-state index contributed by atoms with van der Waals surface area (Å²) in [4.78, 5) is 0. The van der Waals surface area contributed by atoms with Crippen LogP contribution in [0.3, 0.4) is 0 Å². The quantitative estimate of drug-likeness (QED) is 0.818. The first-order valence-corrected chi connectivity index (χ1v) is 6.43. The van der Waals surface area contributed by atoms with Crippen molar-refractivity contribution in [2.45, 2.75) is 46.1 Å². The molecule has 1 fully saturated rings. The smallest absolute Gasteiger partial charge is 0.0104 e. The molecule has 0 aliphatic heterocycles. The van der Waals surface area contributed by atoms with E-state index in [4.69, 9.17) is 0 Å². The van der Waals surface area contributed by atoms with Crippen LogP contribution < -0.4 is 5.32 Å². The fourth-order valence-corrected chi connectivity index (χ4v) is 2.98. The van der Waals surface area contributed by atoms with Crippen LogP contribution in [0.25, 0.3) is 0 Å². The molecule has 1 heteroatoms. The third-order valence-electron chi connectivity index (χ3n) is 3.92. The molecular weight excluding hydrogens is 194 g/mol. The average Bonchev–Trinajstić information content (AvgIpc) is 2.21. The highest BCUT2D eigenvalue weighted by Gasteiger charge is 2.37. The molecule has 3 unspecified atom stereocenters. The third-order valence-corrected chi connectivity index (χ3v) is 3.92. The van der Waals surface area contributed by atoms with Gasteiger partial charge in [-0.1, -0.05) is 43.2 Å². The van der Waals surface area contributed by atoms with E-state index in [1.807, 2.05) is 0 Å². The molecule has 1 nitrogen and oxygen atoms in total. The van der Waals surface area contributed by atoms with Gasteiger partial charge in [0.2, 0.25) is 0 Å². The van der Waals surface area contributed by atoms with Gasteiger partial charge in [0.25, 0.3) is 0 Å². The topological polar surface area (TPSA) is 12.0 Å². The zero-order valence-corrected chi connectivity index (χ0v) is 10.9. The van der Waals surface area contributed by atoms with Crippen molar-refractivity contribution in [2.75, 3.05) is 6.54 Å². The highest BCUT2D eigenvalue weighted by atomic mass is 14.9. The Kier molecular flexibility index (Phi) is 3.34. The van der Waals surface area contributed by atoms with Crippen LogP contribution in [0.5, 0.6) is 0 Å². The van der Waals surface area contributed by atoms with Crippen molar-refractivity contribution >= 4 is 0 Å². The van der Waals surface area contributed by atoms with Gasteiger partial charge < -0.3 is 5.32 Å². The van der Waals surface area contributed by atoms with Gasteiger partial charge in [0.15, 0.2) is 0 Å². The van der Waals surface area contributed by atoms with Crippen molar-refractivity contribution in [2.24, 2.45) is 5.92 Å². The fraction of sp³-hybridized carbons (Fsp3) is 0.600. The Morgan fingerprint density at radius 2 is 1.81 bits per heavy atom. The van der Waals surface area contributed by atoms with Gasteiger partial charge in [-0.2, -0.15) is 0 Å². The highest BCUT2D eigenvalue weighted by Crippen LogP contribution is 2.42. The van der Waals surface area contributed by atoms with Crippen LogP contribution in [-0.2, 0) is 0 Å². The van der Waals surface area contributed by atoms with Crippen LogP contribution in [0.1, 0.15) is 42.9 Å².